The second-order valence-corrected chi connectivity index (χ2v) is 12.1. The van der Waals surface area contributed by atoms with Crippen molar-refractivity contribution in [2.45, 2.75) is 89.4 Å². The third kappa shape index (κ3) is 5.62. The van der Waals surface area contributed by atoms with Gasteiger partial charge in [-0.3, -0.25) is 14.3 Å². The van der Waals surface area contributed by atoms with Gasteiger partial charge in [-0.25, -0.2) is 4.98 Å². The lowest BCUT2D eigenvalue weighted by Gasteiger charge is -2.45. The smallest absolute Gasteiger partial charge is 0.341 e. The van der Waals surface area contributed by atoms with E-state index in [0.717, 1.165) is 28.1 Å². The van der Waals surface area contributed by atoms with Crippen LogP contribution < -0.4 is 0 Å². The minimum Gasteiger partial charge on any atom is -0.341 e. The van der Waals surface area contributed by atoms with Crippen molar-refractivity contribution in [3.8, 4) is 0 Å². The number of alkyl halides is 3. The Morgan fingerprint density at radius 3 is 2.50 bits per heavy atom. The highest BCUT2D eigenvalue weighted by molar-refractivity contribution is 7.09. The standard InChI is InChI=1S/C27H36F3N5O2S/c1-17-14-23(27(28,29)30)32-35(17)15-24(36)34-12-10-19(11-13-34)25-31-21(16-38-25)26(37)33(2)22-9-5-7-18-6-3-4-8-20(18)22/h14,16,18-20,22H,3-13,15H2,1-2H3/t18?,20?,22-/m0/s1. The van der Waals surface area contributed by atoms with Crippen LogP contribution in [0.4, 0.5) is 13.2 Å². The van der Waals surface area contributed by atoms with Crippen LogP contribution in [0.25, 0.3) is 0 Å². The first-order chi connectivity index (χ1) is 18.1. The summed E-state index contributed by atoms with van der Waals surface area (Å²) in [6, 6.07) is 1.26. The van der Waals surface area contributed by atoms with Gasteiger partial charge < -0.3 is 9.80 Å². The van der Waals surface area contributed by atoms with E-state index >= 15 is 0 Å². The van der Waals surface area contributed by atoms with Crippen molar-refractivity contribution in [2.75, 3.05) is 20.1 Å². The van der Waals surface area contributed by atoms with E-state index in [2.05, 4.69) is 5.10 Å². The van der Waals surface area contributed by atoms with E-state index in [9.17, 15) is 22.8 Å². The van der Waals surface area contributed by atoms with Gasteiger partial charge in [-0.05, 0) is 50.5 Å². The zero-order valence-electron chi connectivity index (χ0n) is 22.0. The molecular weight excluding hydrogens is 515 g/mol. The van der Waals surface area contributed by atoms with Gasteiger partial charge in [0, 0.05) is 43.2 Å². The van der Waals surface area contributed by atoms with Crippen LogP contribution >= 0.6 is 11.3 Å². The van der Waals surface area contributed by atoms with Crippen molar-refractivity contribution in [1.82, 2.24) is 24.6 Å². The lowest BCUT2D eigenvalue weighted by molar-refractivity contribution is -0.142. The van der Waals surface area contributed by atoms with Gasteiger partial charge in [0.1, 0.15) is 12.2 Å². The number of aromatic nitrogens is 3. The molecular formula is C27H36F3N5O2S. The number of thiazole rings is 1. The number of carbonyl (C=O) groups excluding carboxylic acids is 2. The number of fused-ring (bicyclic) bond motifs is 1. The van der Waals surface area contributed by atoms with Gasteiger partial charge in [0.2, 0.25) is 5.91 Å². The van der Waals surface area contributed by atoms with Crippen LogP contribution in [0.2, 0.25) is 0 Å². The van der Waals surface area contributed by atoms with Gasteiger partial charge in [-0.1, -0.05) is 32.1 Å². The second kappa shape index (κ2) is 11.0. The largest absolute Gasteiger partial charge is 0.435 e. The Bertz CT molecular complexity index is 1150. The minimum atomic E-state index is -4.53. The molecule has 208 valence electrons. The molecule has 2 aromatic rings. The molecule has 2 unspecified atom stereocenters. The van der Waals surface area contributed by atoms with Crippen molar-refractivity contribution >= 4 is 23.2 Å². The highest BCUT2D eigenvalue weighted by Crippen LogP contribution is 2.42. The van der Waals surface area contributed by atoms with Crippen molar-refractivity contribution in [3.05, 3.63) is 33.5 Å². The van der Waals surface area contributed by atoms with E-state index in [1.165, 1.54) is 56.8 Å². The van der Waals surface area contributed by atoms with Crippen LogP contribution in [0.1, 0.15) is 90.6 Å². The van der Waals surface area contributed by atoms with E-state index in [4.69, 9.17) is 4.98 Å². The number of rotatable bonds is 5. The number of halogens is 3. The fourth-order valence-electron chi connectivity index (χ4n) is 6.70. The van der Waals surface area contributed by atoms with Crippen molar-refractivity contribution in [3.63, 3.8) is 0 Å². The average Bonchev–Trinajstić information content (AvgIpc) is 3.55. The van der Waals surface area contributed by atoms with Gasteiger partial charge in [-0.15, -0.1) is 11.3 Å². The monoisotopic (exact) mass is 551 g/mol. The Kier molecular flexibility index (Phi) is 7.84. The number of nitrogens with zero attached hydrogens (tertiary/aromatic N) is 5. The molecule has 0 aromatic carbocycles. The van der Waals surface area contributed by atoms with Crippen LogP contribution in [-0.2, 0) is 17.5 Å². The lowest BCUT2D eigenvalue weighted by Crippen LogP contribution is -2.47. The van der Waals surface area contributed by atoms with Gasteiger partial charge >= 0.3 is 6.18 Å². The molecule has 0 N–H and O–H groups in total. The molecule has 1 aliphatic heterocycles. The molecule has 5 rings (SSSR count). The van der Waals surface area contributed by atoms with E-state index < -0.39 is 11.9 Å². The van der Waals surface area contributed by atoms with Crippen LogP contribution in [-0.4, -0.2) is 62.6 Å². The zero-order chi connectivity index (χ0) is 27.0. The molecule has 2 saturated carbocycles. The number of hydrogen-bond acceptors (Lipinski definition) is 5. The number of aryl methyl sites for hydroxylation is 1. The maximum Gasteiger partial charge on any atom is 0.435 e. The molecule has 7 nitrogen and oxygen atoms in total. The Balaban J connectivity index is 1.16. The number of amides is 2. The van der Waals surface area contributed by atoms with E-state index in [1.807, 2.05) is 17.3 Å². The van der Waals surface area contributed by atoms with Crippen molar-refractivity contribution in [1.29, 1.82) is 0 Å². The summed E-state index contributed by atoms with van der Waals surface area (Å²) in [5, 5.41) is 6.36. The van der Waals surface area contributed by atoms with Crippen LogP contribution in [0.15, 0.2) is 11.4 Å². The van der Waals surface area contributed by atoms with Crippen molar-refractivity contribution < 1.29 is 22.8 Å². The average molecular weight is 552 g/mol. The summed E-state index contributed by atoms with van der Waals surface area (Å²) >= 11 is 1.51. The predicted octanol–water partition coefficient (Wildman–Crippen LogP) is 5.50. The quantitative estimate of drug-likeness (QED) is 0.492. The maximum atomic E-state index is 13.4. The van der Waals surface area contributed by atoms with E-state index in [0.29, 0.717) is 49.3 Å². The highest BCUT2D eigenvalue weighted by Gasteiger charge is 2.39. The van der Waals surface area contributed by atoms with Gasteiger partial charge in [0.15, 0.2) is 5.69 Å². The van der Waals surface area contributed by atoms with E-state index in [1.54, 1.807) is 4.90 Å². The molecule has 38 heavy (non-hydrogen) atoms. The summed E-state index contributed by atoms with van der Waals surface area (Å²) in [6.07, 6.45) is 5.52. The fourth-order valence-corrected chi connectivity index (χ4v) is 7.67. The number of carbonyl (C=O) groups is 2. The van der Waals surface area contributed by atoms with Gasteiger partial charge in [0.05, 0.1) is 5.01 Å². The normalized spacial score (nSPS) is 24.8. The first-order valence-electron chi connectivity index (χ1n) is 13.7. The molecule has 2 aliphatic carbocycles. The minimum absolute atomic E-state index is 0.00385. The highest BCUT2D eigenvalue weighted by atomic mass is 32.1. The molecule has 3 aliphatic rings. The maximum absolute atomic E-state index is 13.4. The molecule has 1 saturated heterocycles. The first kappa shape index (κ1) is 27.1. The Hall–Kier alpha value is -2.43. The molecule has 3 heterocycles. The summed E-state index contributed by atoms with van der Waals surface area (Å²) in [4.78, 5) is 34.5. The Labute approximate surface area is 225 Å². The number of hydrogen-bond donors (Lipinski definition) is 0. The van der Waals surface area contributed by atoms with Crippen LogP contribution in [0.3, 0.4) is 0 Å². The van der Waals surface area contributed by atoms with Crippen LogP contribution in [0, 0.1) is 18.8 Å². The summed E-state index contributed by atoms with van der Waals surface area (Å²) in [7, 11) is 1.94. The summed E-state index contributed by atoms with van der Waals surface area (Å²) in [5.41, 5.74) is -0.167. The fraction of sp³-hybridized carbons (Fsp3) is 0.704. The first-order valence-corrected chi connectivity index (χ1v) is 14.6. The zero-order valence-corrected chi connectivity index (χ0v) is 22.9. The molecule has 11 heteroatoms. The molecule has 0 radical (unpaired) electrons. The Morgan fingerprint density at radius 2 is 1.79 bits per heavy atom. The third-order valence-corrected chi connectivity index (χ3v) is 9.86. The molecule has 3 atom stereocenters. The topological polar surface area (TPSA) is 71.3 Å². The van der Waals surface area contributed by atoms with E-state index in [-0.39, 0.29) is 24.3 Å². The lowest BCUT2D eigenvalue weighted by atomic mass is 9.68. The number of likely N-dealkylation sites (tertiary alicyclic amines) is 1. The van der Waals surface area contributed by atoms with Crippen molar-refractivity contribution in [2.24, 2.45) is 11.8 Å². The molecule has 3 fully saturated rings. The third-order valence-electron chi connectivity index (χ3n) is 8.85. The Morgan fingerprint density at radius 1 is 1.08 bits per heavy atom. The predicted molar refractivity (Wildman–Crippen MR) is 138 cm³/mol. The summed E-state index contributed by atoms with van der Waals surface area (Å²) in [6.45, 7) is 2.31. The van der Waals surface area contributed by atoms with Gasteiger partial charge in [-0.2, -0.15) is 18.3 Å². The second-order valence-electron chi connectivity index (χ2n) is 11.2. The molecule has 2 amide bonds. The molecule has 2 aromatic heterocycles. The molecule has 0 bridgehead atoms. The summed E-state index contributed by atoms with van der Waals surface area (Å²) in [5.74, 6) is 1.28. The molecule has 0 spiro atoms. The van der Waals surface area contributed by atoms with Gasteiger partial charge in [0.25, 0.3) is 5.91 Å². The number of piperidine rings is 1. The summed E-state index contributed by atoms with van der Waals surface area (Å²) < 4.78 is 39.9. The SMILES string of the molecule is Cc1cc(C(F)(F)F)nn1CC(=O)N1CCC(c2nc(C(=O)N(C)[C@H]3CCCC4CCCCC43)cs2)CC1. The van der Waals surface area contributed by atoms with Crippen LogP contribution in [0.5, 0.6) is 0 Å².